The first-order valence-corrected chi connectivity index (χ1v) is 8.16. The Kier molecular flexibility index (Phi) is 5.08. The topological polar surface area (TPSA) is 65.7 Å². The van der Waals surface area contributed by atoms with Crippen molar-refractivity contribution >= 4 is 11.6 Å². The molecule has 0 unspecified atom stereocenters. The maximum atomic E-state index is 13.8. The number of carbonyl (C=O) groups excluding carboxylic acids is 1. The van der Waals surface area contributed by atoms with E-state index in [1.807, 2.05) is 0 Å². The van der Waals surface area contributed by atoms with Crippen molar-refractivity contribution in [1.29, 1.82) is 0 Å². The minimum absolute atomic E-state index is 0.0838. The molecule has 1 aromatic carbocycles. The number of benzene rings is 1. The molecule has 0 spiro atoms. The largest absolute Gasteiger partial charge is 0.497 e. The van der Waals surface area contributed by atoms with Gasteiger partial charge in [0.05, 0.1) is 19.0 Å². The summed E-state index contributed by atoms with van der Waals surface area (Å²) in [4.78, 5) is 16.5. The smallest absolute Gasteiger partial charge is 0.433 e. The molecule has 0 saturated carbocycles. The van der Waals surface area contributed by atoms with Crippen LogP contribution < -0.4 is 4.74 Å². The number of nitrogens with zero attached hydrogens (tertiary/aromatic N) is 3. The molecular formula is C19H16F3N3O3. The van der Waals surface area contributed by atoms with Crippen LogP contribution in [0.15, 0.2) is 43.1 Å². The number of hydrogen-bond acceptors (Lipinski definition) is 5. The Balaban J connectivity index is 2.27. The van der Waals surface area contributed by atoms with Crippen LogP contribution in [0.3, 0.4) is 0 Å². The van der Waals surface area contributed by atoms with Gasteiger partial charge >= 0.3 is 12.1 Å². The summed E-state index contributed by atoms with van der Waals surface area (Å²) in [5.74, 6) is -0.281. The molecule has 2 heterocycles. The predicted octanol–water partition coefficient (Wildman–Crippen LogP) is 4.07. The van der Waals surface area contributed by atoms with Gasteiger partial charge in [0.25, 0.3) is 0 Å². The highest BCUT2D eigenvalue weighted by Gasteiger charge is 2.38. The fraction of sp³-hybridized carbons (Fsp3) is 0.211. The highest BCUT2D eigenvalue weighted by molar-refractivity contribution is 5.96. The second-order valence-corrected chi connectivity index (χ2v) is 5.84. The van der Waals surface area contributed by atoms with Crippen molar-refractivity contribution in [2.45, 2.75) is 13.1 Å². The van der Waals surface area contributed by atoms with Crippen LogP contribution in [-0.2, 0) is 10.9 Å². The second-order valence-electron chi connectivity index (χ2n) is 5.84. The molecule has 0 aliphatic heterocycles. The molecular weight excluding hydrogens is 375 g/mol. The van der Waals surface area contributed by atoms with Crippen LogP contribution in [0.25, 0.3) is 16.9 Å². The minimum Gasteiger partial charge on any atom is -0.497 e. The number of methoxy groups -OCH3 is 1. The predicted molar refractivity (Wildman–Crippen MR) is 95.2 cm³/mol. The molecule has 2 aromatic heterocycles. The Morgan fingerprint density at radius 3 is 2.54 bits per heavy atom. The molecule has 6 nitrogen and oxygen atoms in total. The number of carbonyl (C=O) groups is 1. The molecule has 0 bridgehead atoms. The number of halogens is 3. The Morgan fingerprint density at radius 2 is 1.96 bits per heavy atom. The van der Waals surface area contributed by atoms with Crippen molar-refractivity contribution in [2.75, 3.05) is 13.7 Å². The standard InChI is InChI=1S/C19H16F3N3O3/c1-4-9-28-18(26)14-10-23-25-16(19(20,21)22)11(2)15(24-17(14)25)12-5-7-13(27-3)8-6-12/h4-8,10H,1,9H2,2-3H3. The van der Waals surface area contributed by atoms with E-state index in [1.165, 1.54) is 20.1 Å². The van der Waals surface area contributed by atoms with E-state index < -0.39 is 17.8 Å². The second kappa shape index (κ2) is 7.34. The van der Waals surface area contributed by atoms with Crippen LogP contribution in [0, 0.1) is 6.92 Å². The lowest BCUT2D eigenvalue weighted by Crippen LogP contribution is -2.17. The molecule has 3 rings (SSSR count). The number of alkyl halides is 3. The van der Waals surface area contributed by atoms with E-state index in [-0.39, 0.29) is 29.1 Å². The fourth-order valence-electron chi connectivity index (χ4n) is 2.79. The highest BCUT2D eigenvalue weighted by Crippen LogP contribution is 2.36. The molecule has 0 radical (unpaired) electrons. The molecule has 0 amide bonds. The van der Waals surface area contributed by atoms with E-state index in [0.717, 1.165) is 6.20 Å². The lowest BCUT2D eigenvalue weighted by molar-refractivity contribution is -0.143. The Morgan fingerprint density at radius 1 is 1.29 bits per heavy atom. The van der Waals surface area contributed by atoms with Crippen molar-refractivity contribution in [3.8, 4) is 17.0 Å². The summed E-state index contributed by atoms with van der Waals surface area (Å²) >= 11 is 0. The Labute approximate surface area is 158 Å². The number of ether oxygens (including phenoxy) is 2. The van der Waals surface area contributed by atoms with E-state index in [4.69, 9.17) is 9.47 Å². The number of aromatic nitrogens is 3. The van der Waals surface area contributed by atoms with Crippen LogP contribution >= 0.6 is 0 Å². The summed E-state index contributed by atoms with van der Waals surface area (Å²) in [6, 6.07) is 6.42. The SMILES string of the molecule is C=CCOC(=O)c1cnn2c(C(F)(F)F)c(C)c(-c3ccc(OC)cc3)nc12. The average molecular weight is 391 g/mol. The van der Waals surface area contributed by atoms with Crippen LogP contribution in [0.2, 0.25) is 0 Å². The van der Waals surface area contributed by atoms with Crippen molar-refractivity contribution in [1.82, 2.24) is 14.6 Å². The molecule has 0 aliphatic rings. The average Bonchev–Trinajstić information content (AvgIpc) is 3.07. The number of hydrogen-bond donors (Lipinski definition) is 0. The monoisotopic (exact) mass is 391 g/mol. The fourth-order valence-corrected chi connectivity index (χ4v) is 2.79. The summed E-state index contributed by atoms with van der Waals surface area (Å²) in [5, 5.41) is 3.72. The molecule has 0 N–H and O–H groups in total. The summed E-state index contributed by atoms with van der Waals surface area (Å²) in [5.41, 5.74) is -0.996. The molecule has 3 aromatic rings. The lowest BCUT2D eigenvalue weighted by Gasteiger charge is -2.16. The van der Waals surface area contributed by atoms with Crippen LogP contribution in [0.5, 0.6) is 5.75 Å². The lowest BCUT2D eigenvalue weighted by atomic mass is 10.0. The van der Waals surface area contributed by atoms with Crippen LogP contribution in [0.1, 0.15) is 21.6 Å². The molecule has 0 fully saturated rings. The molecule has 0 atom stereocenters. The quantitative estimate of drug-likeness (QED) is 0.485. The van der Waals surface area contributed by atoms with Gasteiger partial charge in [0.1, 0.15) is 17.9 Å². The highest BCUT2D eigenvalue weighted by atomic mass is 19.4. The van der Waals surface area contributed by atoms with E-state index >= 15 is 0 Å². The van der Waals surface area contributed by atoms with Gasteiger partial charge in [-0.15, -0.1) is 0 Å². The first-order valence-electron chi connectivity index (χ1n) is 8.16. The molecule has 9 heteroatoms. The van der Waals surface area contributed by atoms with Gasteiger partial charge in [-0.05, 0) is 31.2 Å². The third-order valence-electron chi connectivity index (χ3n) is 4.07. The van der Waals surface area contributed by atoms with Crippen molar-refractivity contribution in [3.05, 3.63) is 59.9 Å². The van der Waals surface area contributed by atoms with Crippen LogP contribution in [0.4, 0.5) is 13.2 Å². The van der Waals surface area contributed by atoms with Gasteiger partial charge in [0, 0.05) is 11.1 Å². The van der Waals surface area contributed by atoms with E-state index in [2.05, 4.69) is 16.7 Å². The Bertz CT molecular complexity index is 1040. The van der Waals surface area contributed by atoms with Crippen molar-refractivity contribution in [3.63, 3.8) is 0 Å². The number of fused-ring (bicyclic) bond motifs is 1. The Hall–Kier alpha value is -3.36. The first kappa shape index (κ1) is 19.4. The maximum Gasteiger partial charge on any atom is 0.433 e. The van der Waals surface area contributed by atoms with E-state index in [1.54, 1.807) is 24.3 Å². The first-order chi connectivity index (χ1) is 13.3. The minimum atomic E-state index is -4.71. The summed E-state index contributed by atoms with van der Waals surface area (Å²) in [7, 11) is 1.49. The van der Waals surface area contributed by atoms with E-state index in [0.29, 0.717) is 15.8 Å². The zero-order chi connectivity index (χ0) is 20.5. The molecule has 0 aliphatic carbocycles. The van der Waals surface area contributed by atoms with Gasteiger partial charge in [-0.2, -0.15) is 18.3 Å². The summed E-state index contributed by atoms with van der Waals surface area (Å²) in [6.07, 6.45) is -2.34. The van der Waals surface area contributed by atoms with Gasteiger partial charge in [-0.1, -0.05) is 12.7 Å². The van der Waals surface area contributed by atoms with Gasteiger partial charge in [-0.3, -0.25) is 0 Å². The molecule has 28 heavy (non-hydrogen) atoms. The zero-order valence-electron chi connectivity index (χ0n) is 15.1. The maximum absolute atomic E-state index is 13.8. The molecule has 146 valence electrons. The van der Waals surface area contributed by atoms with Crippen molar-refractivity contribution in [2.24, 2.45) is 0 Å². The van der Waals surface area contributed by atoms with Gasteiger partial charge in [0.2, 0.25) is 0 Å². The summed E-state index contributed by atoms with van der Waals surface area (Å²) in [6.45, 7) is 4.66. The number of esters is 1. The zero-order valence-corrected chi connectivity index (χ0v) is 15.1. The third kappa shape index (κ3) is 3.42. The van der Waals surface area contributed by atoms with Gasteiger partial charge < -0.3 is 9.47 Å². The van der Waals surface area contributed by atoms with Crippen molar-refractivity contribution < 1.29 is 27.4 Å². The normalized spacial score (nSPS) is 11.5. The van der Waals surface area contributed by atoms with Gasteiger partial charge in [0.15, 0.2) is 11.3 Å². The molecule has 0 saturated heterocycles. The third-order valence-corrected chi connectivity index (χ3v) is 4.07. The van der Waals surface area contributed by atoms with E-state index in [9.17, 15) is 18.0 Å². The summed E-state index contributed by atoms with van der Waals surface area (Å²) < 4.78 is 51.9. The van der Waals surface area contributed by atoms with Crippen LogP contribution in [-0.4, -0.2) is 34.3 Å². The van der Waals surface area contributed by atoms with Gasteiger partial charge in [-0.25, -0.2) is 14.3 Å². The number of rotatable bonds is 5.